The van der Waals surface area contributed by atoms with Crippen LogP contribution < -0.4 is 10.2 Å². The summed E-state index contributed by atoms with van der Waals surface area (Å²) in [7, 11) is 0. The van der Waals surface area contributed by atoms with Crippen molar-refractivity contribution in [2.24, 2.45) is 0 Å². The fourth-order valence-corrected chi connectivity index (χ4v) is 2.13. The van der Waals surface area contributed by atoms with Crippen molar-refractivity contribution < 1.29 is 14.3 Å². The van der Waals surface area contributed by atoms with E-state index >= 15 is 0 Å². The molecule has 0 radical (unpaired) electrons. The lowest BCUT2D eigenvalue weighted by Gasteiger charge is -2.18. The Morgan fingerprint density at radius 2 is 2.11 bits per heavy atom. The van der Waals surface area contributed by atoms with Gasteiger partial charge in [0.1, 0.15) is 5.82 Å². The van der Waals surface area contributed by atoms with E-state index in [4.69, 9.17) is 5.11 Å². The van der Waals surface area contributed by atoms with Gasteiger partial charge in [0, 0.05) is 25.2 Å². The standard InChI is InChI=1S/C13H17FN2O2/c14-11-9-10(13(18)15-5-8-17)3-4-12(11)16-6-1-2-7-16/h3-4,9,17H,1-2,5-8H2,(H,15,18). The normalized spacial score (nSPS) is 14.9. The maximum atomic E-state index is 13.9. The smallest absolute Gasteiger partial charge is 0.251 e. The van der Waals surface area contributed by atoms with Crippen LogP contribution in [0.15, 0.2) is 18.2 Å². The molecule has 1 aromatic rings. The molecule has 0 unspecified atom stereocenters. The summed E-state index contributed by atoms with van der Waals surface area (Å²) >= 11 is 0. The van der Waals surface area contributed by atoms with Gasteiger partial charge in [-0.05, 0) is 31.0 Å². The number of nitrogens with zero attached hydrogens (tertiary/aromatic N) is 1. The number of carbonyl (C=O) groups excluding carboxylic acids is 1. The van der Waals surface area contributed by atoms with Gasteiger partial charge >= 0.3 is 0 Å². The van der Waals surface area contributed by atoms with E-state index in [-0.39, 0.29) is 30.4 Å². The topological polar surface area (TPSA) is 52.6 Å². The molecule has 1 saturated heterocycles. The first-order valence-corrected chi connectivity index (χ1v) is 6.16. The second-order valence-electron chi connectivity index (χ2n) is 4.34. The first kappa shape index (κ1) is 12.8. The fourth-order valence-electron chi connectivity index (χ4n) is 2.13. The number of amides is 1. The predicted octanol–water partition coefficient (Wildman–Crippen LogP) is 1.15. The number of hydrogen-bond donors (Lipinski definition) is 2. The Kier molecular flexibility index (Phi) is 4.15. The van der Waals surface area contributed by atoms with E-state index in [2.05, 4.69) is 5.32 Å². The summed E-state index contributed by atoms with van der Waals surface area (Å²) in [6, 6.07) is 4.51. The van der Waals surface area contributed by atoms with Crippen molar-refractivity contribution in [1.82, 2.24) is 5.32 Å². The monoisotopic (exact) mass is 252 g/mol. The van der Waals surface area contributed by atoms with Gasteiger partial charge in [0.05, 0.1) is 12.3 Å². The molecular weight excluding hydrogens is 235 g/mol. The van der Waals surface area contributed by atoms with Crippen LogP contribution in [-0.2, 0) is 0 Å². The van der Waals surface area contributed by atoms with E-state index in [1.165, 1.54) is 6.07 Å². The molecule has 1 fully saturated rings. The first-order valence-electron chi connectivity index (χ1n) is 6.16. The minimum atomic E-state index is -0.367. The van der Waals surface area contributed by atoms with Gasteiger partial charge in [-0.15, -0.1) is 0 Å². The molecule has 1 amide bonds. The Bertz CT molecular complexity index is 431. The largest absolute Gasteiger partial charge is 0.395 e. The van der Waals surface area contributed by atoms with Crippen molar-refractivity contribution in [3.05, 3.63) is 29.6 Å². The van der Waals surface area contributed by atoms with E-state index in [0.29, 0.717) is 5.69 Å². The van der Waals surface area contributed by atoms with Crippen molar-refractivity contribution in [3.8, 4) is 0 Å². The van der Waals surface area contributed by atoms with Crippen LogP contribution in [0.2, 0.25) is 0 Å². The zero-order chi connectivity index (χ0) is 13.0. The lowest BCUT2D eigenvalue weighted by atomic mass is 10.1. The summed E-state index contributed by atoms with van der Waals surface area (Å²) in [6.07, 6.45) is 2.16. The molecule has 4 nitrogen and oxygen atoms in total. The summed E-state index contributed by atoms with van der Waals surface area (Å²) in [5.74, 6) is -0.732. The summed E-state index contributed by atoms with van der Waals surface area (Å²) in [5.41, 5.74) is 0.843. The maximum Gasteiger partial charge on any atom is 0.251 e. The zero-order valence-electron chi connectivity index (χ0n) is 10.2. The van der Waals surface area contributed by atoms with Crippen molar-refractivity contribution in [2.45, 2.75) is 12.8 Å². The van der Waals surface area contributed by atoms with Crippen LogP contribution in [0.3, 0.4) is 0 Å². The second kappa shape index (κ2) is 5.82. The number of carbonyl (C=O) groups is 1. The SMILES string of the molecule is O=C(NCCO)c1ccc(N2CCCC2)c(F)c1. The fraction of sp³-hybridized carbons (Fsp3) is 0.462. The van der Waals surface area contributed by atoms with Crippen molar-refractivity contribution in [1.29, 1.82) is 0 Å². The third-order valence-electron chi connectivity index (χ3n) is 3.05. The molecule has 2 rings (SSSR count). The Hall–Kier alpha value is -1.62. The van der Waals surface area contributed by atoms with Crippen molar-refractivity contribution >= 4 is 11.6 Å². The molecule has 1 aromatic carbocycles. The molecule has 98 valence electrons. The lowest BCUT2D eigenvalue weighted by Crippen LogP contribution is -2.26. The highest BCUT2D eigenvalue weighted by Crippen LogP contribution is 2.24. The van der Waals surface area contributed by atoms with Gasteiger partial charge in [0.25, 0.3) is 5.91 Å². The predicted molar refractivity (Wildman–Crippen MR) is 67.3 cm³/mol. The van der Waals surface area contributed by atoms with E-state index in [9.17, 15) is 9.18 Å². The van der Waals surface area contributed by atoms with Gasteiger partial charge in [-0.25, -0.2) is 4.39 Å². The molecule has 0 spiro atoms. The van der Waals surface area contributed by atoms with E-state index in [1.54, 1.807) is 12.1 Å². The number of nitrogens with one attached hydrogen (secondary N) is 1. The second-order valence-corrected chi connectivity index (χ2v) is 4.34. The third kappa shape index (κ3) is 2.79. The molecule has 1 aliphatic heterocycles. The van der Waals surface area contributed by atoms with Gasteiger partial charge in [-0.1, -0.05) is 0 Å². The number of aliphatic hydroxyl groups is 1. The van der Waals surface area contributed by atoms with Crippen LogP contribution in [-0.4, -0.2) is 37.3 Å². The van der Waals surface area contributed by atoms with Gasteiger partial charge < -0.3 is 15.3 Å². The molecule has 1 aliphatic rings. The zero-order valence-corrected chi connectivity index (χ0v) is 10.2. The van der Waals surface area contributed by atoms with Crippen LogP contribution in [0.25, 0.3) is 0 Å². The summed E-state index contributed by atoms with van der Waals surface area (Å²) in [4.78, 5) is 13.6. The molecular formula is C13H17FN2O2. The number of aliphatic hydroxyl groups excluding tert-OH is 1. The summed E-state index contributed by atoms with van der Waals surface area (Å²) in [6.45, 7) is 1.79. The van der Waals surface area contributed by atoms with Crippen LogP contribution >= 0.6 is 0 Å². The highest BCUT2D eigenvalue weighted by molar-refractivity contribution is 5.94. The minimum Gasteiger partial charge on any atom is -0.395 e. The highest BCUT2D eigenvalue weighted by Gasteiger charge is 2.17. The number of halogens is 1. The van der Waals surface area contributed by atoms with Crippen LogP contribution in [0.5, 0.6) is 0 Å². The maximum absolute atomic E-state index is 13.9. The average molecular weight is 252 g/mol. The van der Waals surface area contributed by atoms with Crippen molar-refractivity contribution in [3.63, 3.8) is 0 Å². The minimum absolute atomic E-state index is 0.125. The Morgan fingerprint density at radius 1 is 1.39 bits per heavy atom. The quantitative estimate of drug-likeness (QED) is 0.845. The van der Waals surface area contributed by atoms with Crippen LogP contribution in [0.1, 0.15) is 23.2 Å². The molecule has 0 saturated carbocycles. The van der Waals surface area contributed by atoms with Crippen LogP contribution in [0, 0.1) is 5.82 Å². The van der Waals surface area contributed by atoms with Crippen LogP contribution in [0.4, 0.5) is 10.1 Å². The Balaban J connectivity index is 2.11. The summed E-state index contributed by atoms with van der Waals surface area (Å²) in [5, 5.41) is 11.1. The number of anilines is 1. The third-order valence-corrected chi connectivity index (χ3v) is 3.05. The summed E-state index contributed by atoms with van der Waals surface area (Å²) < 4.78 is 13.9. The molecule has 1 heterocycles. The van der Waals surface area contributed by atoms with Gasteiger partial charge in [-0.2, -0.15) is 0 Å². The van der Waals surface area contributed by atoms with Gasteiger partial charge in [-0.3, -0.25) is 4.79 Å². The Labute approximate surface area is 105 Å². The average Bonchev–Trinajstić information content (AvgIpc) is 2.89. The highest BCUT2D eigenvalue weighted by atomic mass is 19.1. The molecule has 0 aliphatic carbocycles. The van der Waals surface area contributed by atoms with E-state index in [1.807, 2.05) is 4.90 Å². The molecule has 18 heavy (non-hydrogen) atoms. The molecule has 2 N–H and O–H groups in total. The molecule has 0 aromatic heterocycles. The van der Waals surface area contributed by atoms with E-state index in [0.717, 1.165) is 25.9 Å². The lowest BCUT2D eigenvalue weighted by molar-refractivity contribution is 0.0944. The molecule has 0 bridgehead atoms. The van der Waals surface area contributed by atoms with Gasteiger partial charge in [0.15, 0.2) is 0 Å². The number of rotatable bonds is 4. The first-order chi connectivity index (χ1) is 8.72. The van der Waals surface area contributed by atoms with Crippen molar-refractivity contribution in [2.75, 3.05) is 31.1 Å². The number of hydrogen-bond acceptors (Lipinski definition) is 3. The Morgan fingerprint density at radius 3 is 2.72 bits per heavy atom. The molecule has 0 atom stereocenters. The molecule has 5 heteroatoms. The van der Waals surface area contributed by atoms with Gasteiger partial charge in [0.2, 0.25) is 0 Å². The number of benzene rings is 1. The van der Waals surface area contributed by atoms with E-state index < -0.39 is 0 Å².